The van der Waals surface area contributed by atoms with Gasteiger partial charge in [0.15, 0.2) is 5.78 Å². The fourth-order valence-corrected chi connectivity index (χ4v) is 2.98. The number of carbonyl (C=O) groups excluding carboxylic acids is 2. The summed E-state index contributed by atoms with van der Waals surface area (Å²) in [7, 11) is 0. The van der Waals surface area contributed by atoms with Gasteiger partial charge < -0.3 is 14.5 Å². The lowest BCUT2D eigenvalue weighted by atomic mass is 10.0. The molecule has 0 N–H and O–H groups in total. The van der Waals surface area contributed by atoms with Crippen LogP contribution in [0, 0.1) is 0 Å². The van der Waals surface area contributed by atoms with Gasteiger partial charge in [0.1, 0.15) is 11.4 Å². The molecular formula is C16H18N2O3. The summed E-state index contributed by atoms with van der Waals surface area (Å²) in [6, 6.07) is 7.96. The van der Waals surface area contributed by atoms with Crippen molar-refractivity contribution in [3.05, 3.63) is 35.7 Å². The molecule has 5 nitrogen and oxygen atoms in total. The molecule has 1 aromatic rings. The van der Waals surface area contributed by atoms with Gasteiger partial charge in [-0.15, -0.1) is 0 Å². The van der Waals surface area contributed by atoms with Crippen LogP contribution >= 0.6 is 0 Å². The lowest BCUT2D eigenvalue weighted by Crippen LogP contribution is -2.39. The molecule has 0 saturated carbocycles. The van der Waals surface area contributed by atoms with Crippen molar-refractivity contribution in [3.63, 3.8) is 0 Å². The molecule has 0 bridgehead atoms. The maximum atomic E-state index is 12.3. The number of esters is 1. The molecule has 2 aliphatic heterocycles. The van der Waals surface area contributed by atoms with E-state index in [4.69, 9.17) is 4.74 Å². The van der Waals surface area contributed by atoms with E-state index in [0.29, 0.717) is 25.3 Å². The molecular weight excluding hydrogens is 268 g/mol. The summed E-state index contributed by atoms with van der Waals surface area (Å²) in [5.74, 6) is 0.0211. The van der Waals surface area contributed by atoms with Crippen LogP contribution in [0.1, 0.15) is 20.3 Å². The summed E-state index contributed by atoms with van der Waals surface area (Å²) in [6.07, 6.45) is 0.337. The van der Waals surface area contributed by atoms with Crippen molar-refractivity contribution in [2.24, 2.45) is 0 Å². The molecule has 0 fully saturated rings. The van der Waals surface area contributed by atoms with Gasteiger partial charge in [0.2, 0.25) is 0 Å². The molecule has 1 aromatic carbocycles. The van der Waals surface area contributed by atoms with Crippen LogP contribution in [0.25, 0.3) is 0 Å². The molecule has 2 aliphatic rings. The summed E-state index contributed by atoms with van der Waals surface area (Å²) in [5, 5.41) is 0. The molecule has 0 aromatic heterocycles. The highest BCUT2D eigenvalue weighted by Gasteiger charge is 2.40. The van der Waals surface area contributed by atoms with E-state index in [1.165, 1.54) is 0 Å². The number of rotatable bonds is 3. The number of anilines is 2. The largest absolute Gasteiger partial charge is 0.462 e. The van der Waals surface area contributed by atoms with Gasteiger partial charge in [-0.25, -0.2) is 4.79 Å². The monoisotopic (exact) mass is 286 g/mol. The highest BCUT2D eigenvalue weighted by atomic mass is 16.5. The van der Waals surface area contributed by atoms with Crippen LogP contribution in [0.15, 0.2) is 35.7 Å². The van der Waals surface area contributed by atoms with Crippen LogP contribution in [0.4, 0.5) is 11.4 Å². The van der Waals surface area contributed by atoms with Crippen molar-refractivity contribution in [2.75, 3.05) is 29.5 Å². The van der Waals surface area contributed by atoms with Gasteiger partial charge in [0, 0.05) is 19.5 Å². The number of hydrogen-bond donors (Lipinski definition) is 0. The van der Waals surface area contributed by atoms with Crippen LogP contribution in [0.3, 0.4) is 0 Å². The molecule has 21 heavy (non-hydrogen) atoms. The second-order valence-corrected chi connectivity index (χ2v) is 4.98. The first-order chi connectivity index (χ1) is 10.2. The second kappa shape index (κ2) is 5.24. The zero-order valence-corrected chi connectivity index (χ0v) is 12.3. The van der Waals surface area contributed by atoms with Crippen LogP contribution in [0.5, 0.6) is 0 Å². The Labute approximate surface area is 123 Å². The van der Waals surface area contributed by atoms with E-state index in [0.717, 1.165) is 11.4 Å². The molecule has 0 spiro atoms. The number of ether oxygens (including phenoxy) is 1. The predicted molar refractivity (Wildman–Crippen MR) is 80.1 cm³/mol. The van der Waals surface area contributed by atoms with Crippen molar-refractivity contribution >= 4 is 23.1 Å². The third-order valence-corrected chi connectivity index (χ3v) is 3.84. The summed E-state index contributed by atoms with van der Waals surface area (Å²) < 4.78 is 5.08. The first-order valence-corrected chi connectivity index (χ1v) is 7.27. The summed E-state index contributed by atoms with van der Waals surface area (Å²) >= 11 is 0. The Hall–Kier alpha value is -2.30. The van der Waals surface area contributed by atoms with E-state index in [1.54, 1.807) is 6.92 Å². The maximum Gasteiger partial charge on any atom is 0.345 e. The molecule has 0 amide bonds. The van der Waals surface area contributed by atoms with E-state index in [-0.39, 0.29) is 18.0 Å². The maximum absolute atomic E-state index is 12.3. The van der Waals surface area contributed by atoms with Crippen molar-refractivity contribution < 1.29 is 14.3 Å². The minimum absolute atomic E-state index is 0.133. The van der Waals surface area contributed by atoms with Gasteiger partial charge >= 0.3 is 5.97 Å². The fraction of sp³-hybridized carbons (Fsp3) is 0.375. The van der Waals surface area contributed by atoms with E-state index < -0.39 is 5.97 Å². The van der Waals surface area contributed by atoms with Crippen molar-refractivity contribution in [2.45, 2.75) is 20.3 Å². The molecule has 3 rings (SSSR count). The Morgan fingerprint density at radius 2 is 1.95 bits per heavy atom. The zero-order valence-electron chi connectivity index (χ0n) is 12.3. The third kappa shape index (κ3) is 2.00. The Kier molecular flexibility index (Phi) is 3.41. The molecule has 110 valence electrons. The smallest absolute Gasteiger partial charge is 0.345 e. The third-order valence-electron chi connectivity index (χ3n) is 3.84. The minimum Gasteiger partial charge on any atom is -0.462 e. The van der Waals surface area contributed by atoms with E-state index in [1.807, 2.05) is 41.0 Å². The van der Waals surface area contributed by atoms with Crippen molar-refractivity contribution in [1.82, 2.24) is 0 Å². The minimum atomic E-state index is -0.520. The second-order valence-electron chi connectivity index (χ2n) is 4.98. The van der Waals surface area contributed by atoms with Gasteiger partial charge in [-0.2, -0.15) is 0 Å². The van der Waals surface area contributed by atoms with Gasteiger partial charge in [-0.1, -0.05) is 12.1 Å². The lowest BCUT2D eigenvalue weighted by Gasteiger charge is -2.30. The van der Waals surface area contributed by atoms with Gasteiger partial charge in [-0.05, 0) is 26.0 Å². The Balaban J connectivity index is 2.17. The van der Waals surface area contributed by atoms with Crippen LogP contribution < -0.4 is 9.80 Å². The van der Waals surface area contributed by atoms with Crippen molar-refractivity contribution in [1.29, 1.82) is 0 Å². The lowest BCUT2D eigenvalue weighted by molar-refractivity contribution is -0.140. The molecule has 0 aliphatic carbocycles. The Bertz CT molecular complexity index is 621. The van der Waals surface area contributed by atoms with Crippen LogP contribution in [-0.4, -0.2) is 31.4 Å². The standard InChI is InChI=1S/C16H18N2O3/c1-3-17-11-7-5-6-8-12(11)18-10-9-13(19)14(15(17)18)16(20)21-4-2/h5-8H,3-4,9-10H2,1-2H3. The fourth-order valence-electron chi connectivity index (χ4n) is 2.98. The van der Waals surface area contributed by atoms with Gasteiger partial charge in [0.25, 0.3) is 0 Å². The number of Topliss-reactive ketones (excluding diaryl/α,β-unsaturated/α-hetero) is 1. The van der Waals surface area contributed by atoms with Crippen LogP contribution in [0.2, 0.25) is 0 Å². The molecule has 2 heterocycles. The van der Waals surface area contributed by atoms with E-state index >= 15 is 0 Å². The summed E-state index contributed by atoms with van der Waals surface area (Å²) in [6.45, 7) is 5.32. The molecule has 0 saturated heterocycles. The van der Waals surface area contributed by atoms with Gasteiger partial charge in [0.05, 0.1) is 18.0 Å². The first-order valence-electron chi connectivity index (χ1n) is 7.27. The van der Waals surface area contributed by atoms with Gasteiger partial charge in [-0.3, -0.25) is 4.79 Å². The number of benzene rings is 1. The number of fused-ring (bicyclic) bond motifs is 3. The molecule has 0 atom stereocenters. The number of nitrogens with zero attached hydrogens (tertiary/aromatic N) is 2. The number of hydrogen-bond acceptors (Lipinski definition) is 5. The highest BCUT2D eigenvalue weighted by molar-refractivity contribution is 6.20. The van der Waals surface area contributed by atoms with Crippen LogP contribution in [-0.2, 0) is 14.3 Å². The van der Waals surface area contributed by atoms with E-state index in [9.17, 15) is 9.59 Å². The zero-order chi connectivity index (χ0) is 15.0. The summed E-state index contributed by atoms with van der Waals surface area (Å²) in [5.41, 5.74) is 2.26. The normalized spacial score (nSPS) is 17.0. The predicted octanol–water partition coefficient (Wildman–Crippen LogP) is 2.08. The number of para-hydroxylation sites is 2. The Morgan fingerprint density at radius 1 is 1.24 bits per heavy atom. The molecule has 0 unspecified atom stereocenters. The topological polar surface area (TPSA) is 49.9 Å². The summed E-state index contributed by atoms with van der Waals surface area (Å²) in [4.78, 5) is 28.5. The molecule has 5 heteroatoms. The number of carbonyl (C=O) groups is 2. The average Bonchev–Trinajstić information content (AvgIpc) is 2.80. The van der Waals surface area contributed by atoms with Crippen molar-refractivity contribution in [3.8, 4) is 0 Å². The highest BCUT2D eigenvalue weighted by Crippen LogP contribution is 2.44. The average molecular weight is 286 g/mol. The number of ketones is 1. The Morgan fingerprint density at radius 3 is 2.62 bits per heavy atom. The molecule has 0 radical (unpaired) electrons. The quantitative estimate of drug-likeness (QED) is 0.629. The SMILES string of the molecule is CCOC(=O)C1=C2N(CC)c3ccccc3N2CCC1=O. The first kappa shape index (κ1) is 13.7. The van der Waals surface area contributed by atoms with E-state index in [2.05, 4.69) is 0 Å².